The number of rotatable bonds is 84. The third-order valence-electron chi connectivity index (χ3n) is 19.8. The first-order valence-corrected chi connectivity index (χ1v) is 46.6. The van der Waals surface area contributed by atoms with Gasteiger partial charge < -0.3 is 33.8 Å². The molecule has 0 heterocycles. The Balaban J connectivity index is 5.21. The molecular formula is C84H164O17P2. The van der Waals surface area contributed by atoms with E-state index in [0.29, 0.717) is 25.7 Å². The number of aliphatic hydroxyl groups excluding tert-OH is 1. The minimum atomic E-state index is -4.96. The lowest BCUT2D eigenvalue weighted by Gasteiger charge is -2.21. The lowest BCUT2D eigenvalue weighted by molar-refractivity contribution is -0.161. The summed E-state index contributed by atoms with van der Waals surface area (Å²) in [5, 5.41) is 10.7. The lowest BCUT2D eigenvalue weighted by Crippen LogP contribution is -2.30. The van der Waals surface area contributed by atoms with Crippen LogP contribution in [0.15, 0.2) is 0 Å². The van der Waals surface area contributed by atoms with Crippen molar-refractivity contribution >= 4 is 39.5 Å². The van der Waals surface area contributed by atoms with Crippen molar-refractivity contribution in [1.82, 2.24) is 0 Å². The predicted octanol–water partition coefficient (Wildman–Crippen LogP) is 25.6. The first-order chi connectivity index (χ1) is 50.0. The summed E-state index contributed by atoms with van der Waals surface area (Å²) in [6, 6.07) is 0. The Labute approximate surface area is 632 Å². The van der Waals surface area contributed by atoms with E-state index in [4.69, 9.17) is 37.0 Å². The molecule has 0 aromatic rings. The SMILES string of the molecule is CCCCCCCCCCCCCCCCCCCCCCC(=O)O[C@H](COC(=O)CCCCCCCCCCCCCCCCCC(C)C)COP(=O)(O)OC[C@@H](O)COP(=O)(O)OC[C@@H](COC(=O)CCCCCCCCCCC)OC(=O)CCCCCCCCCCCCCCCCCC. The zero-order valence-corrected chi connectivity index (χ0v) is 69.3. The van der Waals surface area contributed by atoms with Crippen LogP contribution in [0.5, 0.6) is 0 Å². The molecule has 0 aliphatic rings. The van der Waals surface area contributed by atoms with Gasteiger partial charge in [-0.25, -0.2) is 9.13 Å². The van der Waals surface area contributed by atoms with Gasteiger partial charge in [0, 0.05) is 25.7 Å². The summed E-state index contributed by atoms with van der Waals surface area (Å²) in [6.45, 7) is 7.37. The van der Waals surface area contributed by atoms with Crippen LogP contribution in [0.25, 0.3) is 0 Å². The topological polar surface area (TPSA) is 237 Å². The van der Waals surface area contributed by atoms with Gasteiger partial charge in [0.1, 0.15) is 19.3 Å². The van der Waals surface area contributed by atoms with Crippen molar-refractivity contribution in [3.8, 4) is 0 Å². The lowest BCUT2D eigenvalue weighted by atomic mass is 10.0. The van der Waals surface area contributed by atoms with Crippen LogP contribution in [-0.4, -0.2) is 96.7 Å². The minimum Gasteiger partial charge on any atom is -0.462 e. The molecule has 612 valence electrons. The summed E-state index contributed by atoms with van der Waals surface area (Å²) in [5.41, 5.74) is 0. The van der Waals surface area contributed by atoms with Crippen LogP contribution < -0.4 is 0 Å². The first-order valence-electron chi connectivity index (χ1n) is 43.6. The fraction of sp³-hybridized carbons (Fsp3) is 0.952. The van der Waals surface area contributed by atoms with Crippen LogP contribution >= 0.6 is 15.6 Å². The van der Waals surface area contributed by atoms with Gasteiger partial charge in [-0.3, -0.25) is 37.3 Å². The monoisotopic (exact) mass is 1510 g/mol. The smallest absolute Gasteiger partial charge is 0.462 e. The van der Waals surface area contributed by atoms with E-state index in [1.165, 1.54) is 276 Å². The average Bonchev–Trinajstić information content (AvgIpc) is 0.929. The highest BCUT2D eigenvalue weighted by Gasteiger charge is 2.30. The normalized spacial score (nSPS) is 13.8. The fourth-order valence-electron chi connectivity index (χ4n) is 13.1. The highest BCUT2D eigenvalue weighted by Crippen LogP contribution is 2.45. The quantitative estimate of drug-likeness (QED) is 0.0222. The Morgan fingerprint density at radius 1 is 0.262 bits per heavy atom. The molecule has 5 atom stereocenters. The van der Waals surface area contributed by atoms with Gasteiger partial charge in [-0.1, -0.05) is 401 Å². The maximum absolute atomic E-state index is 13.1. The summed E-state index contributed by atoms with van der Waals surface area (Å²) in [7, 11) is -9.92. The number of unbranched alkanes of at least 4 members (excludes halogenated alkanes) is 56. The molecule has 19 heteroatoms. The zero-order chi connectivity index (χ0) is 75.5. The Morgan fingerprint density at radius 2 is 0.447 bits per heavy atom. The van der Waals surface area contributed by atoms with Gasteiger partial charge in [0.15, 0.2) is 12.2 Å². The molecule has 103 heavy (non-hydrogen) atoms. The largest absolute Gasteiger partial charge is 0.472 e. The van der Waals surface area contributed by atoms with Crippen LogP contribution in [0, 0.1) is 5.92 Å². The van der Waals surface area contributed by atoms with E-state index in [1.807, 2.05) is 0 Å². The summed E-state index contributed by atoms with van der Waals surface area (Å²) < 4.78 is 68.8. The third kappa shape index (κ3) is 78.0. The van der Waals surface area contributed by atoms with Gasteiger partial charge >= 0.3 is 39.5 Å². The molecule has 0 aliphatic heterocycles. The molecule has 0 radical (unpaired) electrons. The minimum absolute atomic E-state index is 0.109. The van der Waals surface area contributed by atoms with E-state index in [-0.39, 0.29) is 25.7 Å². The fourth-order valence-corrected chi connectivity index (χ4v) is 14.7. The standard InChI is InChI=1S/C84H164O17P2/c1-6-9-12-15-18-21-23-25-27-29-30-31-32-36-41-45-50-55-60-65-70-84(89)101-80(74-95-82(87)68-63-58-53-48-43-39-37-33-34-38-42-47-51-56-61-66-77(4)5)76-99-103(92,93)97-72-78(85)71-96-102(90,91)98-75-79(73-94-81(86)67-62-57-52-46-20-17-14-11-8-3)100-83(88)69-64-59-54-49-44-40-35-28-26-24-22-19-16-13-10-7-2/h77-80,85H,6-76H2,1-5H3,(H,90,91)(H,92,93)/t78-,79+,80+/m0/s1. The van der Waals surface area contributed by atoms with Crippen molar-refractivity contribution in [3.05, 3.63) is 0 Å². The number of ether oxygens (including phenoxy) is 4. The van der Waals surface area contributed by atoms with E-state index >= 15 is 0 Å². The summed E-state index contributed by atoms with van der Waals surface area (Å²) in [5.74, 6) is -1.30. The number of phosphoric ester groups is 2. The molecule has 0 saturated heterocycles. The van der Waals surface area contributed by atoms with Crippen LogP contribution in [0.3, 0.4) is 0 Å². The molecule has 0 bridgehead atoms. The molecule has 0 spiro atoms. The molecule has 0 amide bonds. The van der Waals surface area contributed by atoms with E-state index in [0.717, 1.165) is 95.8 Å². The van der Waals surface area contributed by atoms with Crippen molar-refractivity contribution in [3.63, 3.8) is 0 Å². The molecule has 0 rings (SSSR count). The van der Waals surface area contributed by atoms with Gasteiger partial charge in [0.2, 0.25) is 0 Å². The van der Waals surface area contributed by atoms with Crippen molar-refractivity contribution in [1.29, 1.82) is 0 Å². The number of hydrogen-bond donors (Lipinski definition) is 3. The second kappa shape index (κ2) is 76.8. The van der Waals surface area contributed by atoms with E-state index in [9.17, 15) is 43.2 Å². The number of phosphoric acid groups is 2. The highest BCUT2D eigenvalue weighted by molar-refractivity contribution is 7.47. The van der Waals surface area contributed by atoms with Crippen molar-refractivity contribution < 1.29 is 80.2 Å². The number of esters is 4. The van der Waals surface area contributed by atoms with E-state index in [1.54, 1.807) is 0 Å². The Hall–Kier alpha value is -1.94. The van der Waals surface area contributed by atoms with Crippen LogP contribution in [0.4, 0.5) is 0 Å². The van der Waals surface area contributed by atoms with Gasteiger partial charge in [-0.05, 0) is 31.6 Å². The maximum Gasteiger partial charge on any atom is 0.472 e. The molecule has 0 saturated carbocycles. The predicted molar refractivity (Wildman–Crippen MR) is 423 cm³/mol. The molecule has 0 fully saturated rings. The first kappa shape index (κ1) is 101. The summed E-state index contributed by atoms with van der Waals surface area (Å²) in [4.78, 5) is 73.1. The van der Waals surface area contributed by atoms with E-state index < -0.39 is 97.5 Å². The summed E-state index contributed by atoms with van der Waals surface area (Å²) in [6.07, 6.45) is 69.4. The second-order valence-electron chi connectivity index (χ2n) is 30.7. The van der Waals surface area contributed by atoms with Crippen LogP contribution in [0.1, 0.15) is 452 Å². The van der Waals surface area contributed by atoms with Crippen LogP contribution in [-0.2, 0) is 65.4 Å². The van der Waals surface area contributed by atoms with Crippen molar-refractivity contribution in [2.45, 2.75) is 470 Å². The van der Waals surface area contributed by atoms with Crippen LogP contribution in [0.2, 0.25) is 0 Å². The van der Waals surface area contributed by atoms with Crippen molar-refractivity contribution in [2.75, 3.05) is 39.6 Å². The molecular weight excluding hydrogens is 1340 g/mol. The van der Waals surface area contributed by atoms with Gasteiger partial charge in [-0.2, -0.15) is 0 Å². The number of hydrogen-bond acceptors (Lipinski definition) is 15. The molecule has 17 nitrogen and oxygen atoms in total. The van der Waals surface area contributed by atoms with E-state index in [2.05, 4.69) is 34.6 Å². The summed E-state index contributed by atoms with van der Waals surface area (Å²) >= 11 is 0. The molecule has 3 N–H and O–H groups in total. The molecule has 0 aromatic carbocycles. The highest BCUT2D eigenvalue weighted by atomic mass is 31.2. The Bertz CT molecular complexity index is 1960. The Kier molecular flexibility index (Phi) is 75.4. The Morgan fingerprint density at radius 3 is 0.660 bits per heavy atom. The maximum atomic E-state index is 13.1. The van der Waals surface area contributed by atoms with Gasteiger partial charge in [-0.15, -0.1) is 0 Å². The molecule has 2 unspecified atom stereocenters. The van der Waals surface area contributed by atoms with Crippen molar-refractivity contribution in [2.24, 2.45) is 5.92 Å². The second-order valence-corrected chi connectivity index (χ2v) is 33.6. The zero-order valence-electron chi connectivity index (χ0n) is 67.5. The average molecular weight is 1510 g/mol. The third-order valence-corrected chi connectivity index (χ3v) is 21.7. The molecule has 0 aliphatic carbocycles. The van der Waals surface area contributed by atoms with Gasteiger partial charge in [0.25, 0.3) is 0 Å². The number of carbonyl (C=O) groups is 4. The molecule has 0 aromatic heterocycles. The van der Waals surface area contributed by atoms with Gasteiger partial charge in [0.05, 0.1) is 26.4 Å². The number of aliphatic hydroxyl groups is 1. The number of carbonyl (C=O) groups excluding carboxylic acids is 4.